The minimum atomic E-state index is -0.404. The molecule has 4 nitrogen and oxygen atoms in total. The molecule has 1 N–H and O–H groups in total. The summed E-state index contributed by atoms with van der Waals surface area (Å²) in [5.74, 6) is -0.0671. The Kier molecular flexibility index (Phi) is 3.70. The number of amides is 2. The van der Waals surface area contributed by atoms with Crippen molar-refractivity contribution in [1.29, 1.82) is 0 Å². The van der Waals surface area contributed by atoms with E-state index in [2.05, 4.69) is 5.32 Å². The lowest BCUT2D eigenvalue weighted by atomic mass is 10.1. The maximum atomic E-state index is 12.5. The van der Waals surface area contributed by atoms with Gasteiger partial charge in [-0.05, 0) is 43.9 Å². The molecule has 1 heterocycles. The second-order valence-corrected chi connectivity index (χ2v) is 6.26. The standard InChI is InChI=1S/C17H22N2O2/c1-11-7-8-12(2)14(9-11)18-15-10-16(20)19(17(15)21)13-5-3-4-6-13/h7-9,13,15,18H,3-6,10H2,1-2H3. The van der Waals surface area contributed by atoms with Gasteiger partial charge in [-0.3, -0.25) is 14.5 Å². The predicted molar refractivity (Wildman–Crippen MR) is 82.1 cm³/mol. The van der Waals surface area contributed by atoms with Crippen LogP contribution in [-0.2, 0) is 9.59 Å². The van der Waals surface area contributed by atoms with Crippen LogP contribution in [0.3, 0.4) is 0 Å². The number of carbonyl (C=O) groups is 2. The van der Waals surface area contributed by atoms with E-state index in [9.17, 15) is 9.59 Å². The number of imide groups is 1. The zero-order valence-electron chi connectivity index (χ0n) is 12.7. The third-order valence-corrected chi connectivity index (χ3v) is 4.60. The van der Waals surface area contributed by atoms with Gasteiger partial charge in [-0.25, -0.2) is 0 Å². The molecule has 0 spiro atoms. The first-order chi connectivity index (χ1) is 10.1. The number of hydrogen-bond donors (Lipinski definition) is 1. The van der Waals surface area contributed by atoms with Gasteiger partial charge < -0.3 is 5.32 Å². The van der Waals surface area contributed by atoms with Gasteiger partial charge in [0.25, 0.3) is 5.91 Å². The molecule has 1 aliphatic heterocycles. The van der Waals surface area contributed by atoms with Crippen molar-refractivity contribution in [2.45, 2.75) is 58.0 Å². The van der Waals surface area contributed by atoms with E-state index >= 15 is 0 Å². The quantitative estimate of drug-likeness (QED) is 0.869. The number of benzene rings is 1. The Morgan fingerprint density at radius 3 is 2.57 bits per heavy atom. The first kappa shape index (κ1) is 14.1. The van der Waals surface area contributed by atoms with Crippen LogP contribution in [0.1, 0.15) is 43.2 Å². The van der Waals surface area contributed by atoms with E-state index in [-0.39, 0.29) is 24.3 Å². The van der Waals surface area contributed by atoms with Crippen molar-refractivity contribution in [2.75, 3.05) is 5.32 Å². The smallest absolute Gasteiger partial charge is 0.252 e. The molecular weight excluding hydrogens is 264 g/mol. The van der Waals surface area contributed by atoms with Crippen molar-refractivity contribution in [3.05, 3.63) is 29.3 Å². The Morgan fingerprint density at radius 2 is 1.86 bits per heavy atom. The highest BCUT2D eigenvalue weighted by Crippen LogP contribution is 2.29. The normalized spacial score (nSPS) is 23.1. The molecule has 112 valence electrons. The van der Waals surface area contributed by atoms with E-state index in [0.717, 1.165) is 42.5 Å². The molecule has 4 heteroatoms. The minimum Gasteiger partial charge on any atom is -0.373 e. The van der Waals surface area contributed by atoms with Crippen molar-refractivity contribution in [2.24, 2.45) is 0 Å². The fraction of sp³-hybridized carbons (Fsp3) is 0.529. The molecular formula is C17H22N2O2. The maximum absolute atomic E-state index is 12.5. The predicted octanol–water partition coefficient (Wildman–Crippen LogP) is 2.79. The van der Waals surface area contributed by atoms with E-state index in [1.807, 2.05) is 32.0 Å². The van der Waals surface area contributed by atoms with Gasteiger partial charge in [0.15, 0.2) is 0 Å². The number of likely N-dealkylation sites (tertiary alicyclic amines) is 1. The third kappa shape index (κ3) is 2.67. The summed E-state index contributed by atoms with van der Waals surface area (Å²) in [6.07, 6.45) is 4.46. The Bertz CT molecular complexity index is 576. The van der Waals surface area contributed by atoms with Crippen LogP contribution in [0.15, 0.2) is 18.2 Å². The molecule has 1 saturated heterocycles. The van der Waals surface area contributed by atoms with Gasteiger partial charge in [-0.15, -0.1) is 0 Å². The van der Waals surface area contributed by atoms with Crippen molar-refractivity contribution in [1.82, 2.24) is 4.90 Å². The number of anilines is 1. The summed E-state index contributed by atoms with van der Waals surface area (Å²) >= 11 is 0. The van der Waals surface area contributed by atoms with E-state index in [1.54, 1.807) is 0 Å². The molecule has 1 atom stereocenters. The zero-order valence-corrected chi connectivity index (χ0v) is 12.7. The largest absolute Gasteiger partial charge is 0.373 e. The first-order valence-corrected chi connectivity index (χ1v) is 7.76. The van der Waals surface area contributed by atoms with Crippen LogP contribution < -0.4 is 5.32 Å². The topological polar surface area (TPSA) is 49.4 Å². The van der Waals surface area contributed by atoms with Crippen molar-refractivity contribution >= 4 is 17.5 Å². The van der Waals surface area contributed by atoms with Crippen molar-refractivity contribution < 1.29 is 9.59 Å². The summed E-state index contributed by atoms with van der Waals surface area (Å²) in [6.45, 7) is 4.04. The van der Waals surface area contributed by atoms with Crippen LogP contribution >= 0.6 is 0 Å². The van der Waals surface area contributed by atoms with E-state index in [1.165, 1.54) is 4.90 Å². The number of aryl methyl sites for hydroxylation is 2. The van der Waals surface area contributed by atoms with Crippen molar-refractivity contribution in [3.63, 3.8) is 0 Å². The van der Waals surface area contributed by atoms with Gasteiger partial charge >= 0.3 is 0 Å². The molecule has 1 aliphatic carbocycles. The molecule has 21 heavy (non-hydrogen) atoms. The molecule has 2 aliphatic rings. The third-order valence-electron chi connectivity index (χ3n) is 4.60. The van der Waals surface area contributed by atoms with E-state index in [4.69, 9.17) is 0 Å². The average molecular weight is 286 g/mol. The summed E-state index contributed by atoms with van der Waals surface area (Å²) in [5, 5.41) is 3.27. The number of rotatable bonds is 3. The SMILES string of the molecule is Cc1ccc(C)c(NC2CC(=O)N(C3CCCC3)C2=O)c1. The molecule has 1 aromatic rings. The van der Waals surface area contributed by atoms with Gasteiger partial charge in [0.2, 0.25) is 5.91 Å². The van der Waals surface area contributed by atoms with E-state index in [0.29, 0.717) is 0 Å². The lowest BCUT2D eigenvalue weighted by molar-refractivity contribution is -0.141. The molecule has 0 bridgehead atoms. The summed E-state index contributed by atoms with van der Waals surface area (Å²) in [6, 6.07) is 5.85. The van der Waals surface area contributed by atoms with Gasteiger partial charge in [-0.1, -0.05) is 25.0 Å². The number of nitrogens with one attached hydrogen (secondary N) is 1. The lowest BCUT2D eigenvalue weighted by Gasteiger charge is -2.22. The van der Waals surface area contributed by atoms with Crippen LogP contribution in [0.25, 0.3) is 0 Å². The second-order valence-electron chi connectivity index (χ2n) is 6.26. The number of carbonyl (C=O) groups excluding carboxylic acids is 2. The minimum absolute atomic E-state index is 0.0188. The molecule has 0 aromatic heterocycles. The first-order valence-electron chi connectivity index (χ1n) is 7.76. The molecule has 1 saturated carbocycles. The van der Waals surface area contributed by atoms with Crippen molar-refractivity contribution in [3.8, 4) is 0 Å². The summed E-state index contributed by atoms with van der Waals surface area (Å²) in [4.78, 5) is 26.3. The highest BCUT2D eigenvalue weighted by Gasteiger charge is 2.43. The van der Waals surface area contributed by atoms with Gasteiger partial charge in [0.05, 0.1) is 6.42 Å². The zero-order chi connectivity index (χ0) is 15.0. The molecule has 0 radical (unpaired) electrons. The van der Waals surface area contributed by atoms with Crippen LogP contribution in [0.2, 0.25) is 0 Å². The number of hydrogen-bond acceptors (Lipinski definition) is 3. The highest BCUT2D eigenvalue weighted by atomic mass is 16.2. The monoisotopic (exact) mass is 286 g/mol. The van der Waals surface area contributed by atoms with Gasteiger partial charge in [-0.2, -0.15) is 0 Å². The van der Waals surface area contributed by atoms with Crippen LogP contribution in [0, 0.1) is 13.8 Å². The Balaban J connectivity index is 1.76. The highest BCUT2D eigenvalue weighted by molar-refractivity contribution is 6.07. The second kappa shape index (κ2) is 5.51. The van der Waals surface area contributed by atoms with E-state index < -0.39 is 6.04 Å². The molecule has 2 fully saturated rings. The number of nitrogens with zero attached hydrogens (tertiary/aromatic N) is 1. The summed E-state index contributed by atoms with van der Waals surface area (Å²) in [5.41, 5.74) is 3.20. The molecule has 1 unspecified atom stereocenters. The molecule has 2 amide bonds. The summed E-state index contributed by atoms with van der Waals surface area (Å²) in [7, 11) is 0. The van der Waals surface area contributed by atoms with Crippen LogP contribution in [-0.4, -0.2) is 28.8 Å². The Labute approximate surface area is 125 Å². The lowest BCUT2D eigenvalue weighted by Crippen LogP contribution is -2.41. The maximum Gasteiger partial charge on any atom is 0.252 e. The van der Waals surface area contributed by atoms with Gasteiger partial charge in [0.1, 0.15) is 6.04 Å². The molecule has 3 rings (SSSR count). The Hall–Kier alpha value is -1.84. The summed E-state index contributed by atoms with van der Waals surface area (Å²) < 4.78 is 0. The Morgan fingerprint density at radius 1 is 1.14 bits per heavy atom. The van der Waals surface area contributed by atoms with Crippen LogP contribution in [0.4, 0.5) is 5.69 Å². The fourth-order valence-electron chi connectivity index (χ4n) is 3.39. The van der Waals surface area contributed by atoms with Crippen LogP contribution in [0.5, 0.6) is 0 Å². The molecule has 1 aromatic carbocycles. The fourth-order valence-corrected chi connectivity index (χ4v) is 3.39. The van der Waals surface area contributed by atoms with Gasteiger partial charge in [0, 0.05) is 11.7 Å². The average Bonchev–Trinajstić information content (AvgIpc) is 3.03.